The summed E-state index contributed by atoms with van der Waals surface area (Å²) in [5.41, 5.74) is 1.09. The third kappa shape index (κ3) is 1.03. The first kappa shape index (κ1) is 5.67. The standard InChI is InChI=1S/C6H7NS/c1-5-2-6(3-5)7-4-8/h2,5H,3H2,1H3. The predicted octanol–water partition coefficient (Wildman–Crippen LogP) is 2.01. The number of nitrogens with zero attached hydrogens (tertiary/aromatic N) is 1. The van der Waals surface area contributed by atoms with Crippen molar-refractivity contribution in [2.45, 2.75) is 13.3 Å². The first-order chi connectivity index (χ1) is 3.83. The molecule has 0 heterocycles. The van der Waals surface area contributed by atoms with E-state index in [0.29, 0.717) is 5.92 Å². The maximum Gasteiger partial charge on any atom is 0.0637 e. The molecule has 2 heteroatoms. The van der Waals surface area contributed by atoms with Gasteiger partial charge in [0.25, 0.3) is 0 Å². The Morgan fingerprint density at radius 3 is 3.00 bits per heavy atom. The highest BCUT2D eigenvalue weighted by atomic mass is 32.1. The summed E-state index contributed by atoms with van der Waals surface area (Å²) in [6.07, 6.45) is 3.17. The van der Waals surface area contributed by atoms with E-state index in [2.05, 4.69) is 35.4 Å². The molecule has 1 aliphatic rings. The lowest BCUT2D eigenvalue weighted by atomic mass is 9.94. The second-order valence-electron chi connectivity index (χ2n) is 2.04. The molecule has 1 nitrogen and oxygen atoms in total. The Balaban J connectivity index is 2.54. The van der Waals surface area contributed by atoms with E-state index < -0.39 is 0 Å². The summed E-state index contributed by atoms with van der Waals surface area (Å²) < 4.78 is 0. The van der Waals surface area contributed by atoms with Gasteiger partial charge in [-0.1, -0.05) is 13.0 Å². The fourth-order valence-electron chi connectivity index (χ4n) is 0.766. The lowest BCUT2D eigenvalue weighted by molar-refractivity contribution is 0.633. The van der Waals surface area contributed by atoms with Crippen molar-refractivity contribution < 1.29 is 0 Å². The van der Waals surface area contributed by atoms with Crippen molar-refractivity contribution >= 4 is 17.4 Å². The fraction of sp³-hybridized carbons (Fsp3) is 0.500. The molecule has 0 aliphatic heterocycles. The minimum Gasteiger partial charge on any atom is -0.200 e. The highest BCUT2D eigenvalue weighted by Gasteiger charge is 2.11. The first-order valence-electron chi connectivity index (χ1n) is 2.61. The van der Waals surface area contributed by atoms with E-state index in [0.717, 1.165) is 12.1 Å². The number of aliphatic imine (C=N–C) groups is 1. The van der Waals surface area contributed by atoms with Crippen molar-refractivity contribution in [3.8, 4) is 0 Å². The normalized spacial score (nSPS) is 25.1. The van der Waals surface area contributed by atoms with Crippen LogP contribution in [-0.2, 0) is 0 Å². The Morgan fingerprint density at radius 2 is 2.62 bits per heavy atom. The van der Waals surface area contributed by atoms with Crippen LogP contribution in [-0.4, -0.2) is 5.16 Å². The number of hydrogen-bond donors (Lipinski definition) is 0. The van der Waals surface area contributed by atoms with Crippen molar-refractivity contribution in [3.05, 3.63) is 11.8 Å². The van der Waals surface area contributed by atoms with Crippen LogP contribution >= 0.6 is 12.2 Å². The van der Waals surface area contributed by atoms with Gasteiger partial charge in [-0.2, -0.15) is 4.99 Å². The molecule has 42 valence electrons. The Bertz CT molecular complexity index is 165. The van der Waals surface area contributed by atoms with E-state index in [1.54, 1.807) is 0 Å². The van der Waals surface area contributed by atoms with E-state index in [-0.39, 0.29) is 0 Å². The van der Waals surface area contributed by atoms with Crippen LogP contribution in [0.1, 0.15) is 13.3 Å². The molecule has 0 saturated carbocycles. The van der Waals surface area contributed by atoms with Crippen molar-refractivity contribution in [2.24, 2.45) is 10.9 Å². The van der Waals surface area contributed by atoms with Crippen LogP contribution in [0, 0.1) is 5.92 Å². The zero-order valence-electron chi connectivity index (χ0n) is 4.72. The monoisotopic (exact) mass is 125 g/mol. The van der Waals surface area contributed by atoms with Crippen LogP contribution in [0.25, 0.3) is 0 Å². The molecule has 1 rings (SSSR count). The van der Waals surface area contributed by atoms with Crippen molar-refractivity contribution in [1.29, 1.82) is 0 Å². The number of rotatable bonds is 1. The lowest BCUT2D eigenvalue weighted by Crippen LogP contribution is -2.02. The molecule has 1 unspecified atom stereocenters. The number of hydrogen-bond acceptors (Lipinski definition) is 2. The maximum absolute atomic E-state index is 4.41. The van der Waals surface area contributed by atoms with Crippen molar-refractivity contribution in [2.75, 3.05) is 0 Å². The van der Waals surface area contributed by atoms with Crippen LogP contribution in [0.2, 0.25) is 0 Å². The zero-order chi connectivity index (χ0) is 5.98. The van der Waals surface area contributed by atoms with Crippen LogP contribution < -0.4 is 0 Å². The van der Waals surface area contributed by atoms with Gasteiger partial charge in [0, 0.05) is 5.70 Å². The van der Waals surface area contributed by atoms with Gasteiger partial charge < -0.3 is 0 Å². The van der Waals surface area contributed by atoms with E-state index in [1.165, 1.54) is 0 Å². The summed E-state index contributed by atoms with van der Waals surface area (Å²) >= 11 is 4.41. The molecule has 0 aromatic carbocycles. The summed E-state index contributed by atoms with van der Waals surface area (Å²) in [6.45, 7) is 2.16. The number of isothiocyanates is 1. The second-order valence-corrected chi connectivity index (χ2v) is 2.23. The Hall–Kier alpha value is -0.460. The molecule has 1 atom stereocenters. The molecule has 0 amide bonds. The smallest absolute Gasteiger partial charge is 0.0637 e. The van der Waals surface area contributed by atoms with Gasteiger partial charge in [-0.25, -0.2) is 0 Å². The quantitative estimate of drug-likeness (QED) is 0.386. The van der Waals surface area contributed by atoms with Gasteiger partial charge in [0.15, 0.2) is 0 Å². The highest BCUT2D eigenvalue weighted by molar-refractivity contribution is 7.78. The molecule has 0 N–H and O–H groups in total. The second kappa shape index (κ2) is 2.21. The van der Waals surface area contributed by atoms with E-state index in [4.69, 9.17) is 0 Å². The van der Waals surface area contributed by atoms with Gasteiger partial charge in [0.2, 0.25) is 0 Å². The van der Waals surface area contributed by atoms with E-state index in [1.807, 2.05) is 0 Å². The van der Waals surface area contributed by atoms with Gasteiger partial charge >= 0.3 is 0 Å². The summed E-state index contributed by atoms with van der Waals surface area (Å²) in [7, 11) is 0. The molecule has 0 saturated heterocycles. The summed E-state index contributed by atoms with van der Waals surface area (Å²) in [4.78, 5) is 3.81. The van der Waals surface area contributed by atoms with Crippen molar-refractivity contribution in [3.63, 3.8) is 0 Å². The third-order valence-electron chi connectivity index (χ3n) is 1.20. The minimum absolute atomic E-state index is 0.706. The van der Waals surface area contributed by atoms with Crippen molar-refractivity contribution in [1.82, 2.24) is 0 Å². The summed E-state index contributed by atoms with van der Waals surface area (Å²) in [6, 6.07) is 0. The zero-order valence-corrected chi connectivity index (χ0v) is 5.53. The number of allylic oxidation sites excluding steroid dienone is 2. The molecule has 0 aromatic rings. The lowest BCUT2D eigenvalue weighted by Gasteiger charge is -2.15. The Morgan fingerprint density at radius 1 is 2.00 bits per heavy atom. The minimum atomic E-state index is 0.706. The molecule has 0 fully saturated rings. The number of thiocarbonyl (C=S) groups is 1. The Kier molecular flexibility index (Phi) is 1.56. The van der Waals surface area contributed by atoms with Gasteiger partial charge in [0.05, 0.1) is 5.16 Å². The molecule has 1 aliphatic carbocycles. The van der Waals surface area contributed by atoms with Crippen LogP contribution in [0.15, 0.2) is 16.8 Å². The largest absolute Gasteiger partial charge is 0.200 e. The topological polar surface area (TPSA) is 12.4 Å². The SMILES string of the molecule is CC1C=C(N=C=S)C1. The molecule has 8 heavy (non-hydrogen) atoms. The molecule has 0 radical (unpaired) electrons. The summed E-state index contributed by atoms with van der Waals surface area (Å²) in [5, 5.41) is 2.33. The van der Waals surface area contributed by atoms with Gasteiger partial charge in [-0.3, -0.25) is 0 Å². The third-order valence-corrected chi connectivity index (χ3v) is 1.29. The van der Waals surface area contributed by atoms with Gasteiger partial charge in [-0.15, -0.1) is 0 Å². The van der Waals surface area contributed by atoms with Gasteiger partial charge in [-0.05, 0) is 24.6 Å². The average molecular weight is 125 g/mol. The highest BCUT2D eigenvalue weighted by Crippen LogP contribution is 2.24. The van der Waals surface area contributed by atoms with Crippen LogP contribution in [0.5, 0.6) is 0 Å². The Labute approximate surface area is 54.1 Å². The molecule has 0 aromatic heterocycles. The molecule has 0 bridgehead atoms. The van der Waals surface area contributed by atoms with Crippen LogP contribution in [0.3, 0.4) is 0 Å². The molecular weight excluding hydrogens is 118 g/mol. The van der Waals surface area contributed by atoms with E-state index in [9.17, 15) is 0 Å². The van der Waals surface area contributed by atoms with Crippen LogP contribution in [0.4, 0.5) is 0 Å². The predicted molar refractivity (Wildman–Crippen MR) is 36.9 cm³/mol. The summed E-state index contributed by atoms with van der Waals surface area (Å²) in [5.74, 6) is 0.706. The fourth-order valence-corrected chi connectivity index (χ4v) is 0.884. The maximum atomic E-state index is 4.41. The molecule has 0 spiro atoms. The van der Waals surface area contributed by atoms with E-state index >= 15 is 0 Å². The first-order valence-corrected chi connectivity index (χ1v) is 3.02. The molecular formula is C6H7NS. The van der Waals surface area contributed by atoms with Gasteiger partial charge in [0.1, 0.15) is 0 Å². The average Bonchev–Trinajstić information content (AvgIpc) is 1.64.